The minimum absolute atomic E-state index is 0.212. The summed E-state index contributed by atoms with van der Waals surface area (Å²) in [5.74, 6) is 1.44. The summed E-state index contributed by atoms with van der Waals surface area (Å²) >= 11 is 0. The smallest absolute Gasteiger partial charge is 0.189 e. The van der Waals surface area contributed by atoms with Crippen LogP contribution in [0.25, 0.3) is 0 Å². The van der Waals surface area contributed by atoms with Crippen LogP contribution < -0.4 is 20.5 Å². The van der Waals surface area contributed by atoms with E-state index in [-0.39, 0.29) is 5.82 Å². The maximum atomic E-state index is 13.8. The Morgan fingerprint density at radius 2 is 1.78 bits per heavy atom. The van der Waals surface area contributed by atoms with Crippen molar-refractivity contribution >= 4 is 5.96 Å². The highest BCUT2D eigenvalue weighted by atomic mass is 19.1. The number of nitrogens with two attached hydrogens (primary N) is 1. The van der Waals surface area contributed by atoms with E-state index in [1.807, 2.05) is 43.3 Å². The molecule has 0 amide bonds. The van der Waals surface area contributed by atoms with Crippen LogP contribution in [0.15, 0.2) is 41.4 Å². The van der Waals surface area contributed by atoms with Crippen LogP contribution in [0, 0.1) is 5.82 Å². The number of methoxy groups -OCH3 is 2. The van der Waals surface area contributed by atoms with E-state index in [4.69, 9.17) is 15.2 Å². The number of nitrogens with one attached hydrogen (secondary N) is 1. The monoisotopic (exact) mass is 374 g/mol. The number of aliphatic imine (C=N–C) groups is 1. The van der Waals surface area contributed by atoms with Crippen LogP contribution in [0.3, 0.4) is 0 Å². The van der Waals surface area contributed by atoms with Crippen molar-refractivity contribution in [1.29, 1.82) is 0 Å². The molecular formula is C20H27FN4O2. The van der Waals surface area contributed by atoms with Crippen LogP contribution in [-0.2, 0) is 19.6 Å². The van der Waals surface area contributed by atoms with Crippen molar-refractivity contribution in [3.8, 4) is 11.5 Å². The molecule has 0 saturated heterocycles. The minimum atomic E-state index is -0.212. The number of rotatable bonds is 8. The van der Waals surface area contributed by atoms with Crippen molar-refractivity contribution in [2.24, 2.45) is 10.7 Å². The fraction of sp³-hybridized carbons (Fsp3) is 0.350. The van der Waals surface area contributed by atoms with E-state index in [0.29, 0.717) is 42.7 Å². The van der Waals surface area contributed by atoms with Gasteiger partial charge in [-0.3, -0.25) is 0 Å². The topological polar surface area (TPSA) is 72.1 Å². The molecule has 0 fully saturated rings. The summed E-state index contributed by atoms with van der Waals surface area (Å²) in [5.41, 5.74) is 8.48. The van der Waals surface area contributed by atoms with Crippen molar-refractivity contribution < 1.29 is 13.9 Å². The lowest BCUT2D eigenvalue weighted by Gasteiger charge is -2.12. The average Bonchev–Trinajstić information content (AvgIpc) is 2.66. The van der Waals surface area contributed by atoms with E-state index < -0.39 is 0 Å². The molecule has 0 spiro atoms. The van der Waals surface area contributed by atoms with Crippen molar-refractivity contribution in [1.82, 2.24) is 10.2 Å². The van der Waals surface area contributed by atoms with Gasteiger partial charge in [0.25, 0.3) is 0 Å². The summed E-state index contributed by atoms with van der Waals surface area (Å²) in [6.07, 6.45) is 0. The minimum Gasteiger partial charge on any atom is -0.493 e. The second-order valence-corrected chi connectivity index (χ2v) is 6.41. The van der Waals surface area contributed by atoms with Crippen LogP contribution in [0.4, 0.5) is 4.39 Å². The summed E-state index contributed by atoms with van der Waals surface area (Å²) in [7, 11) is 7.00. The first-order valence-corrected chi connectivity index (χ1v) is 8.59. The molecule has 7 heteroatoms. The second kappa shape index (κ2) is 9.78. The first-order valence-electron chi connectivity index (χ1n) is 8.59. The molecule has 3 N–H and O–H groups in total. The Kier molecular flexibility index (Phi) is 7.43. The Hall–Kier alpha value is -2.80. The molecule has 0 aliphatic heterocycles. The third-order valence-electron chi connectivity index (χ3n) is 3.95. The Morgan fingerprint density at radius 1 is 1.07 bits per heavy atom. The third kappa shape index (κ3) is 6.14. The average molecular weight is 374 g/mol. The largest absolute Gasteiger partial charge is 0.493 e. The molecule has 146 valence electrons. The van der Waals surface area contributed by atoms with Crippen molar-refractivity contribution in [3.63, 3.8) is 0 Å². The summed E-state index contributed by atoms with van der Waals surface area (Å²) in [5, 5.41) is 3.07. The summed E-state index contributed by atoms with van der Waals surface area (Å²) in [6, 6.07) is 10.7. The van der Waals surface area contributed by atoms with E-state index >= 15 is 0 Å². The molecule has 0 saturated carbocycles. The standard InChI is InChI=1S/C20H27FN4O2/c1-25(2)13-16-9-14(5-7-17(16)21)11-23-20(22)24-12-15-6-8-18(26-3)19(10-15)27-4/h5-10H,11-13H2,1-4H3,(H3,22,23,24). The lowest BCUT2D eigenvalue weighted by atomic mass is 10.1. The first kappa shape index (κ1) is 20.5. The van der Waals surface area contributed by atoms with Crippen LogP contribution >= 0.6 is 0 Å². The molecule has 0 radical (unpaired) electrons. The van der Waals surface area contributed by atoms with Crippen molar-refractivity contribution in [3.05, 3.63) is 58.9 Å². The summed E-state index contributed by atoms with van der Waals surface area (Å²) < 4.78 is 24.3. The number of nitrogens with zero attached hydrogens (tertiary/aromatic N) is 2. The Labute approximate surface area is 159 Å². The lowest BCUT2D eigenvalue weighted by molar-refractivity contribution is 0.354. The van der Waals surface area contributed by atoms with Gasteiger partial charge in [0.1, 0.15) is 5.82 Å². The van der Waals surface area contributed by atoms with Crippen LogP contribution in [0.2, 0.25) is 0 Å². The fourth-order valence-electron chi connectivity index (χ4n) is 2.60. The maximum Gasteiger partial charge on any atom is 0.189 e. The van der Waals surface area contributed by atoms with Gasteiger partial charge in [-0.15, -0.1) is 0 Å². The zero-order chi connectivity index (χ0) is 19.8. The van der Waals surface area contributed by atoms with Gasteiger partial charge in [0.15, 0.2) is 17.5 Å². The zero-order valence-electron chi connectivity index (χ0n) is 16.3. The van der Waals surface area contributed by atoms with E-state index in [1.54, 1.807) is 20.3 Å². The number of guanidine groups is 1. The molecule has 0 atom stereocenters. The molecule has 0 heterocycles. The molecule has 6 nitrogen and oxygen atoms in total. The van der Waals surface area contributed by atoms with Gasteiger partial charge in [0.2, 0.25) is 0 Å². The molecule has 0 aliphatic rings. The van der Waals surface area contributed by atoms with Gasteiger partial charge in [-0.25, -0.2) is 9.38 Å². The molecule has 0 bridgehead atoms. The maximum absolute atomic E-state index is 13.8. The normalized spacial score (nSPS) is 11.6. The molecule has 2 aromatic carbocycles. The SMILES string of the molecule is COc1ccc(CNC(N)=NCc2ccc(F)c(CN(C)C)c2)cc1OC. The van der Waals surface area contributed by atoms with Crippen LogP contribution in [-0.4, -0.2) is 39.2 Å². The Balaban J connectivity index is 1.96. The zero-order valence-corrected chi connectivity index (χ0v) is 16.3. The summed E-state index contributed by atoms with van der Waals surface area (Å²) in [6.45, 7) is 1.42. The number of halogens is 1. The van der Waals surface area contributed by atoms with E-state index in [0.717, 1.165) is 11.1 Å². The van der Waals surface area contributed by atoms with Crippen molar-refractivity contribution in [2.45, 2.75) is 19.6 Å². The molecule has 0 unspecified atom stereocenters. The van der Waals surface area contributed by atoms with Gasteiger partial charge in [-0.1, -0.05) is 12.1 Å². The lowest BCUT2D eigenvalue weighted by Crippen LogP contribution is -2.31. The fourth-order valence-corrected chi connectivity index (χ4v) is 2.60. The summed E-state index contributed by atoms with van der Waals surface area (Å²) in [4.78, 5) is 6.25. The highest BCUT2D eigenvalue weighted by Crippen LogP contribution is 2.27. The molecule has 27 heavy (non-hydrogen) atoms. The van der Waals surface area contributed by atoms with Crippen LogP contribution in [0.5, 0.6) is 11.5 Å². The van der Waals surface area contributed by atoms with Gasteiger partial charge in [0.05, 0.1) is 20.8 Å². The number of hydrogen-bond donors (Lipinski definition) is 2. The number of benzene rings is 2. The number of ether oxygens (including phenoxy) is 2. The van der Waals surface area contributed by atoms with Crippen molar-refractivity contribution in [2.75, 3.05) is 28.3 Å². The van der Waals surface area contributed by atoms with E-state index in [9.17, 15) is 4.39 Å². The van der Waals surface area contributed by atoms with E-state index in [2.05, 4.69) is 10.3 Å². The molecule has 2 aromatic rings. The van der Waals surface area contributed by atoms with E-state index in [1.165, 1.54) is 6.07 Å². The Bertz CT molecular complexity index is 794. The number of hydrogen-bond acceptors (Lipinski definition) is 4. The predicted molar refractivity (Wildman–Crippen MR) is 106 cm³/mol. The van der Waals surface area contributed by atoms with Gasteiger partial charge in [-0.05, 0) is 49.5 Å². The highest BCUT2D eigenvalue weighted by Gasteiger charge is 2.06. The van der Waals surface area contributed by atoms with Gasteiger partial charge in [-0.2, -0.15) is 0 Å². The second-order valence-electron chi connectivity index (χ2n) is 6.41. The van der Waals surface area contributed by atoms with Gasteiger partial charge >= 0.3 is 0 Å². The highest BCUT2D eigenvalue weighted by molar-refractivity contribution is 5.77. The van der Waals surface area contributed by atoms with Gasteiger partial charge in [0, 0.05) is 18.7 Å². The molecule has 2 rings (SSSR count). The van der Waals surface area contributed by atoms with Crippen LogP contribution in [0.1, 0.15) is 16.7 Å². The molecule has 0 aliphatic carbocycles. The quantitative estimate of drug-likeness (QED) is 0.549. The molecular weight excluding hydrogens is 347 g/mol. The third-order valence-corrected chi connectivity index (χ3v) is 3.95. The molecule has 0 aromatic heterocycles. The predicted octanol–water partition coefficient (Wildman–Crippen LogP) is 2.51. The first-order chi connectivity index (χ1) is 12.9. The van der Waals surface area contributed by atoms with Gasteiger partial charge < -0.3 is 25.4 Å². The Morgan fingerprint density at radius 3 is 2.44 bits per heavy atom.